The van der Waals surface area contributed by atoms with Crippen LogP contribution in [-0.2, 0) is 34.1 Å². The van der Waals surface area contributed by atoms with Gasteiger partial charge in [0.25, 0.3) is 11.4 Å². The van der Waals surface area contributed by atoms with Gasteiger partial charge in [0.15, 0.2) is 10.2 Å². The molecule has 14 nitrogen and oxygen atoms in total. The molecule has 0 aromatic heterocycles. The molecule has 4 N–H and O–H groups in total. The van der Waals surface area contributed by atoms with Crippen LogP contribution in [-0.4, -0.2) is 78.7 Å². The van der Waals surface area contributed by atoms with Gasteiger partial charge < -0.3 is 20.0 Å². The molecule has 0 saturated carbocycles. The number of rotatable bonds is 6. The van der Waals surface area contributed by atoms with Crippen molar-refractivity contribution in [2.45, 2.75) is 38.5 Å². The third-order valence-electron chi connectivity index (χ3n) is 6.46. The summed E-state index contributed by atoms with van der Waals surface area (Å²) < 4.78 is 0. The van der Waals surface area contributed by atoms with E-state index in [4.69, 9.17) is 24.4 Å². The average Bonchev–Trinajstić information content (AvgIpc) is 3.00. The van der Waals surface area contributed by atoms with E-state index in [2.05, 4.69) is 21.1 Å². The van der Waals surface area contributed by atoms with Crippen LogP contribution in [0.2, 0.25) is 0 Å². The van der Waals surface area contributed by atoms with Crippen LogP contribution in [0.1, 0.15) is 49.7 Å². The Labute approximate surface area is 286 Å². The van der Waals surface area contributed by atoms with Crippen LogP contribution >= 0.6 is 24.4 Å². The van der Waals surface area contributed by atoms with E-state index in [0.29, 0.717) is 10.2 Å². The van der Waals surface area contributed by atoms with Crippen molar-refractivity contribution in [3.8, 4) is 11.5 Å². The van der Waals surface area contributed by atoms with Crippen molar-refractivity contribution in [1.29, 1.82) is 0 Å². The van der Waals surface area contributed by atoms with Crippen LogP contribution in [0.15, 0.2) is 46.6 Å². The fraction of sp³-hybridized carbons (Fsp3) is 0.385. The van der Waals surface area contributed by atoms with Gasteiger partial charge >= 0.3 is 17.1 Å². The zero-order valence-electron chi connectivity index (χ0n) is 23.3. The van der Waals surface area contributed by atoms with Gasteiger partial charge in [-0.25, -0.2) is 0 Å². The molecule has 2 aliphatic rings. The number of hydrogen-bond acceptors (Lipinski definition) is 10. The van der Waals surface area contributed by atoms with Crippen molar-refractivity contribution in [1.82, 2.24) is 20.7 Å². The number of piperidine rings is 2. The second kappa shape index (κ2) is 19.8. The first-order chi connectivity index (χ1) is 20.2. The fourth-order valence-corrected chi connectivity index (χ4v) is 4.64. The van der Waals surface area contributed by atoms with Gasteiger partial charge in [0.2, 0.25) is 0 Å². The first-order valence-electron chi connectivity index (χ1n) is 13.3. The number of nitrogens with one attached hydrogen (secondary N) is 2. The number of hydrogen-bond donors (Lipinski definition) is 4. The second-order valence-corrected chi connectivity index (χ2v) is 10.2. The molecule has 18 heteroatoms. The summed E-state index contributed by atoms with van der Waals surface area (Å²) in [5.74, 6) is -0.148. The number of nitro benzene ring substituents is 2. The van der Waals surface area contributed by atoms with E-state index in [9.17, 15) is 30.4 Å². The summed E-state index contributed by atoms with van der Waals surface area (Å²) in [5.41, 5.74) is 5.76. The summed E-state index contributed by atoms with van der Waals surface area (Å²) in [6, 6.07) is 7.51. The molecule has 44 heavy (non-hydrogen) atoms. The maximum atomic E-state index is 10.7. The molecule has 244 valence electrons. The maximum absolute atomic E-state index is 10.7. The topological polar surface area (TPSA) is 182 Å². The molecular formula is C26H32Cu2N8O6S2+2. The van der Waals surface area contributed by atoms with Crippen LogP contribution in [0, 0.1) is 20.2 Å². The predicted octanol–water partition coefficient (Wildman–Crippen LogP) is 3.98. The Hall–Kier alpha value is -3.40. The van der Waals surface area contributed by atoms with E-state index in [1.165, 1.54) is 61.7 Å². The number of aromatic hydroxyl groups is 2. The summed E-state index contributed by atoms with van der Waals surface area (Å²) in [6.45, 7) is 3.62. The molecule has 2 aromatic rings. The average molecular weight is 744 g/mol. The minimum absolute atomic E-state index is 0. The zero-order chi connectivity index (χ0) is 30.5. The number of phenolic OH excluding ortho intramolecular Hbond substituents is 2. The summed E-state index contributed by atoms with van der Waals surface area (Å²) in [7, 11) is 0. The smallest absolute Gasteiger partial charge is 0.507 e. The summed E-state index contributed by atoms with van der Waals surface area (Å²) in [6.07, 6.45) is 9.49. The molecule has 2 aliphatic heterocycles. The van der Waals surface area contributed by atoms with E-state index < -0.39 is 9.85 Å². The van der Waals surface area contributed by atoms with Gasteiger partial charge in [-0.05, 0) is 75.1 Å². The third kappa shape index (κ3) is 12.3. The molecule has 0 amide bonds. The van der Waals surface area contributed by atoms with E-state index in [1.807, 2.05) is 9.80 Å². The monoisotopic (exact) mass is 742 g/mol. The number of nitro groups is 2. The SMILES string of the molecule is O=[N+]([O-])c1ccc(O)c(/C=N/NC(=S)N2CCCCC2)c1.O=[N+]([O-])c1ccc(O)c(/C=N/NC(=S)N2CCCCC2)c1.[Cu+2].[Cu]. The van der Waals surface area contributed by atoms with E-state index in [0.717, 1.165) is 51.9 Å². The van der Waals surface area contributed by atoms with Crippen LogP contribution < -0.4 is 10.9 Å². The molecule has 0 aliphatic carbocycles. The Balaban J connectivity index is 0.000000421. The van der Waals surface area contributed by atoms with Crippen molar-refractivity contribution in [2.24, 2.45) is 10.2 Å². The standard InChI is InChI=1S/2C13H16N4O3S.2Cu/c2*18-12-5-4-11(17(19)20)8-10(12)9-14-15-13(21)16-6-2-1-3-7-16;;/h2*4-5,8-9,18H,1-3,6-7H2,(H,15,21);;/q;;;+2/b2*14-9+;;. The van der Waals surface area contributed by atoms with Crippen LogP contribution in [0.3, 0.4) is 0 Å². The van der Waals surface area contributed by atoms with Crippen molar-refractivity contribution in [3.63, 3.8) is 0 Å². The third-order valence-corrected chi connectivity index (χ3v) is 7.16. The minimum atomic E-state index is -0.525. The van der Waals surface area contributed by atoms with Gasteiger partial charge in [-0.2, -0.15) is 10.2 Å². The molecule has 2 fully saturated rings. The molecule has 0 unspecified atom stereocenters. The van der Waals surface area contributed by atoms with Crippen molar-refractivity contribution < 1.29 is 54.2 Å². The number of benzene rings is 2. The van der Waals surface area contributed by atoms with Crippen LogP contribution in [0.25, 0.3) is 0 Å². The molecular weight excluding hydrogens is 712 g/mol. The normalized spacial score (nSPS) is 14.5. The maximum Gasteiger partial charge on any atom is 2.00 e. The largest absolute Gasteiger partial charge is 2.00 e. The van der Waals surface area contributed by atoms with E-state index >= 15 is 0 Å². The number of nitrogens with zero attached hydrogens (tertiary/aromatic N) is 6. The molecule has 0 bridgehead atoms. The quantitative estimate of drug-likeness (QED) is 0.110. The van der Waals surface area contributed by atoms with E-state index in [-0.39, 0.29) is 68.1 Å². The molecule has 0 atom stereocenters. The van der Waals surface area contributed by atoms with E-state index in [1.54, 1.807) is 0 Å². The molecule has 2 radical (unpaired) electrons. The predicted molar refractivity (Wildman–Crippen MR) is 167 cm³/mol. The van der Waals surface area contributed by atoms with Gasteiger partial charge in [-0.15, -0.1) is 0 Å². The Morgan fingerprint density at radius 1 is 0.727 bits per heavy atom. The van der Waals surface area contributed by atoms with Crippen molar-refractivity contribution in [2.75, 3.05) is 26.2 Å². The number of phenols is 2. The van der Waals surface area contributed by atoms with Gasteiger partial charge in [-0.3, -0.25) is 31.1 Å². The number of hydrazone groups is 2. The molecule has 4 rings (SSSR count). The molecule has 2 heterocycles. The minimum Gasteiger partial charge on any atom is -0.507 e. The van der Waals surface area contributed by atoms with Crippen LogP contribution in [0.4, 0.5) is 11.4 Å². The number of non-ortho nitro benzene ring substituents is 2. The molecule has 2 aromatic carbocycles. The first-order valence-corrected chi connectivity index (χ1v) is 14.1. The Morgan fingerprint density at radius 2 is 1.07 bits per heavy atom. The van der Waals surface area contributed by atoms with Gasteiger partial charge in [0, 0.05) is 78.6 Å². The Kier molecular flexibility index (Phi) is 17.4. The zero-order valence-corrected chi connectivity index (χ0v) is 26.8. The molecule has 0 spiro atoms. The molecule has 2 saturated heterocycles. The number of thiocarbonyl (C=S) groups is 2. The van der Waals surface area contributed by atoms with Crippen molar-refractivity contribution in [3.05, 3.63) is 67.8 Å². The summed E-state index contributed by atoms with van der Waals surface area (Å²) >= 11 is 10.4. The van der Waals surface area contributed by atoms with Gasteiger partial charge in [0.05, 0.1) is 22.3 Å². The van der Waals surface area contributed by atoms with Gasteiger partial charge in [-0.1, -0.05) is 0 Å². The van der Waals surface area contributed by atoms with Crippen molar-refractivity contribution >= 4 is 58.5 Å². The summed E-state index contributed by atoms with van der Waals surface area (Å²) in [5, 5.41) is 49.6. The van der Waals surface area contributed by atoms with Gasteiger partial charge in [0.1, 0.15) is 11.5 Å². The fourth-order valence-electron chi connectivity index (χ4n) is 4.17. The Morgan fingerprint density at radius 3 is 1.39 bits per heavy atom. The second-order valence-electron chi connectivity index (χ2n) is 9.45. The summed E-state index contributed by atoms with van der Waals surface area (Å²) in [4.78, 5) is 24.4. The van der Waals surface area contributed by atoms with Crippen LogP contribution in [0.5, 0.6) is 11.5 Å². The Bertz CT molecular complexity index is 1250. The first kappa shape index (κ1) is 38.6. The number of likely N-dealkylation sites (tertiary alicyclic amines) is 2.